The lowest BCUT2D eigenvalue weighted by Gasteiger charge is -2.30. The van der Waals surface area contributed by atoms with Crippen molar-refractivity contribution in [2.24, 2.45) is 0 Å². The van der Waals surface area contributed by atoms with Crippen molar-refractivity contribution in [1.82, 2.24) is 5.32 Å². The van der Waals surface area contributed by atoms with Gasteiger partial charge in [0.25, 0.3) is 7.82 Å². The van der Waals surface area contributed by atoms with Crippen molar-refractivity contribution in [3.63, 3.8) is 0 Å². The van der Waals surface area contributed by atoms with Gasteiger partial charge in [0.1, 0.15) is 13.2 Å². The number of nitrogens with one attached hydrogen (secondary N) is 1. The molecular formula is C75H151N2O6P. The monoisotopic (exact) mass is 1210 g/mol. The molecule has 0 aliphatic rings. The molecule has 502 valence electrons. The highest BCUT2D eigenvalue weighted by Gasteiger charge is 2.24. The maximum atomic E-state index is 13.1. The van der Waals surface area contributed by atoms with E-state index in [9.17, 15) is 19.4 Å². The summed E-state index contributed by atoms with van der Waals surface area (Å²) < 4.78 is 23.5. The molecule has 0 aliphatic heterocycles. The van der Waals surface area contributed by atoms with Crippen LogP contribution in [0.15, 0.2) is 12.2 Å². The number of allylic oxidation sites excluding steroid dienone is 2. The molecule has 0 saturated carbocycles. The molecule has 0 aromatic heterocycles. The van der Waals surface area contributed by atoms with E-state index in [-0.39, 0.29) is 19.1 Å². The van der Waals surface area contributed by atoms with Crippen molar-refractivity contribution in [2.45, 2.75) is 424 Å². The highest BCUT2D eigenvalue weighted by Crippen LogP contribution is 2.38. The number of rotatable bonds is 72. The summed E-state index contributed by atoms with van der Waals surface area (Å²) in [5, 5.41) is 14.1. The zero-order valence-electron chi connectivity index (χ0n) is 57.7. The van der Waals surface area contributed by atoms with Crippen molar-refractivity contribution in [3.05, 3.63) is 12.2 Å². The van der Waals surface area contributed by atoms with Gasteiger partial charge in [0.2, 0.25) is 5.91 Å². The Hall–Kier alpha value is -0.760. The van der Waals surface area contributed by atoms with Crippen LogP contribution < -0.4 is 10.2 Å². The highest BCUT2D eigenvalue weighted by atomic mass is 31.2. The van der Waals surface area contributed by atoms with Gasteiger partial charge in [0.05, 0.1) is 39.9 Å². The summed E-state index contributed by atoms with van der Waals surface area (Å²) >= 11 is 0. The highest BCUT2D eigenvalue weighted by molar-refractivity contribution is 7.45. The number of quaternary nitrogens is 1. The molecule has 0 spiro atoms. The maximum Gasteiger partial charge on any atom is 0.268 e. The number of amides is 1. The zero-order chi connectivity index (χ0) is 61.2. The maximum absolute atomic E-state index is 13.1. The van der Waals surface area contributed by atoms with Crippen LogP contribution in [0.5, 0.6) is 0 Å². The fourth-order valence-electron chi connectivity index (χ4n) is 12.1. The van der Waals surface area contributed by atoms with Crippen molar-refractivity contribution < 1.29 is 32.9 Å². The van der Waals surface area contributed by atoms with E-state index in [4.69, 9.17) is 9.05 Å². The lowest BCUT2D eigenvalue weighted by Crippen LogP contribution is -2.46. The third-order valence-corrected chi connectivity index (χ3v) is 19.0. The van der Waals surface area contributed by atoms with E-state index < -0.39 is 20.0 Å². The van der Waals surface area contributed by atoms with Crippen LogP contribution in [0.25, 0.3) is 0 Å². The number of unbranched alkanes of at least 4 members (excludes halogenated alkanes) is 57. The fourth-order valence-corrected chi connectivity index (χ4v) is 12.8. The van der Waals surface area contributed by atoms with Crippen molar-refractivity contribution in [1.29, 1.82) is 0 Å². The van der Waals surface area contributed by atoms with Gasteiger partial charge in [0.15, 0.2) is 0 Å². The van der Waals surface area contributed by atoms with Crippen LogP contribution in [0.3, 0.4) is 0 Å². The normalized spacial score (nSPS) is 13.6. The molecule has 0 saturated heterocycles. The van der Waals surface area contributed by atoms with Crippen LogP contribution in [0.2, 0.25) is 0 Å². The van der Waals surface area contributed by atoms with Gasteiger partial charge >= 0.3 is 0 Å². The molecule has 3 unspecified atom stereocenters. The van der Waals surface area contributed by atoms with Crippen molar-refractivity contribution in [2.75, 3.05) is 40.9 Å². The third kappa shape index (κ3) is 68.7. The Morgan fingerprint density at radius 3 is 0.929 bits per heavy atom. The first-order valence-electron chi connectivity index (χ1n) is 38.0. The van der Waals surface area contributed by atoms with Crippen LogP contribution in [0.4, 0.5) is 0 Å². The van der Waals surface area contributed by atoms with Crippen molar-refractivity contribution in [3.8, 4) is 0 Å². The average molecular weight is 1210 g/mol. The number of carbonyl (C=O) groups excluding carboxylic acids is 1. The molecule has 0 radical (unpaired) electrons. The molecule has 9 heteroatoms. The fraction of sp³-hybridized carbons (Fsp3) is 0.960. The summed E-state index contributed by atoms with van der Waals surface area (Å²) in [6.07, 6.45) is 86.1. The summed E-state index contributed by atoms with van der Waals surface area (Å²) in [6.45, 7) is 4.79. The van der Waals surface area contributed by atoms with Crippen molar-refractivity contribution >= 4 is 13.7 Å². The van der Waals surface area contributed by atoms with Crippen LogP contribution in [0.1, 0.15) is 412 Å². The Morgan fingerprint density at radius 1 is 0.405 bits per heavy atom. The number of hydrogen-bond donors (Lipinski definition) is 2. The van der Waals surface area contributed by atoms with Gasteiger partial charge in [-0.1, -0.05) is 379 Å². The molecule has 0 aromatic carbocycles. The van der Waals surface area contributed by atoms with E-state index in [1.165, 1.54) is 347 Å². The van der Waals surface area contributed by atoms with Crippen LogP contribution in [-0.2, 0) is 18.4 Å². The smallest absolute Gasteiger partial charge is 0.268 e. The predicted molar refractivity (Wildman–Crippen MR) is 367 cm³/mol. The van der Waals surface area contributed by atoms with E-state index in [0.29, 0.717) is 23.9 Å². The third-order valence-electron chi connectivity index (χ3n) is 18.0. The first-order valence-corrected chi connectivity index (χ1v) is 39.5. The molecule has 2 N–H and O–H groups in total. The summed E-state index contributed by atoms with van der Waals surface area (Å²) in [7, 11) is 1.33. The van der Waals surface area contributed by atoms with Gasteiger partial charge in [-0.05, 0) is 38.5 Å². The molecule has 3 atom stereocenters. The second-order valence-electron chi connectivity index (χ2n) is 27.7. The molecule has 84 heavy (non-hydrogen) atoms. The van der Waals surface area contributed by atoms with Gasteiger partial charge in [-0.25, -0.2) is 0 Å². The predicted octanol–water partition coefficient (Wildman–Crippen LogP) is 23.8. The topological polar surface area (TPSA) is 108 Å². The van der Waals surface area contributed by atoms with E-state index in [1.54, 1.807) is 0 Å². The lowest BCUT2D eigenvalue weighted by atomic mass is 10.0. The van der Waals surface area contributed by atoms with Gasteiger partial charge in [-0.15, -0.1) is 0 Å². The second kappa shape index (κ2) is 66.7. The molecule has 0 aliphatic carbocycles. The number of phosphoric ester groups is 1. The summed E-state index contributed by atoms with van der Waals surface area (Å²) in [5.41, 5.74) is 0. The summed E-state index contributed by atoms with van der Waals surface area (Å²) in [6, 6.07) is -0.798. The SMILES string of the molecule is CCCCCCCCCC/C=C\CCCCCCCCCCCCCCCCCCCCCCCCCCCCCCCC(=O)NC(COP(=O)([O-])OCC[N+](C)(C)C)C(O)CCCCCCCCCCCCCCCCCCCCCCC. The second-order valence-corrected chi connectivity index (χ2v) is 29.1. The standard InChI is InChI=1S/C75H151N2O6P/c1-6-8-10-12-14-16-18-20-22-24-26-28-29-30-31-32-33-34-35-36-37-38-39-40-41-42-43-44-45-46-47-49-51-53-55-57-59-61-63-65-67-69-75(79)76-73(72-83-84(80,81)82-71-70-77(3,4)5)74(78)68-66-64-62-60-58-56-54-52-50-48-27-25-23-21-19-17-15-13-11-9-7-2/h24,26,73-74,78H,6-23,25,27-72H2,1-5H3,(H-,76,79,80,81)/b26-24-. The quantitative estimate of drug-likeness (QED) is 0.0272. The molecular weight excluding hydrogens is 1060 g/mol. The number of likely N-dealkylation sites (N-methyl/N-ethyl adjacent to an activating group) is 1. The Bertz CT molecular complexity index is 1370. The van der Waals surface area contributed by atoms with Gasteiger partial charge in [0, 0.05) is 6.42 Å². The molecule has 0 rings (SSSR count). The Balaban J connectivity index is 3.84. The molecule has 0 fully saturated rings. The number of hydrogen-bond acceptors (Lipinski definition) is 6. The number of phosphoric acid groups is 1. The first kappa shape index (κ1) is 83.2. The molecule has 0 bridgehead atoms. The van der Waals surface area contributed by atoms with Gasteiger partial charge < -0.3 is 28.8 Å². The van der Waals surface area contributed by atoms with Crippen LogP contribution in [0, 0.1) is 0 Å². The number of nitrogens with zero attached hydrogens (tertiary/aromatic N) is 1. The molecule has 1 amide bonds. The first-order chi connectivity index (χ1) is 41.0. The van der Waals surface area contributed by atoms with E-state index in [2.05, 4.69) is 31.3 Å². The van der Waals surface area contributed by atoms with Gasteiger partial charge in [-0.2, -0.15) is 0 Å². The molecule has 0 aromatic rings. The summed E-state index contributed by atoms with van der Waals surface area (Å²) in [4.78, 5) is 25.7. The Kier molecular flexibility index (Phi) is 66.1. The minimum absolute atomic E-state index is 0.0164. The summed E-state index contributed by atoms with van der Waals surface area (Å²) in [5.74, 6) is -0.154. The number of carbonyl (C=O) groups is 1. The Labute approximate surface area is 526 Å². The largest absolute Gasteiger partial charge is 0.756 e. The van der Waals surface area contributed by atoms with Gasteiger partial charge in [-0.3, -0.25) is 9.36 Å². The van der Waals surface area contributed by atoms with Crippen LogP contribution in [-0.4, -0.2) is 68.5 Å². The Morgan fingerprint density at radius 2 is 0.655 bits per heavy atom. The van der Waals surface area contributed by atoms with E-state index >= 15 is 0 Å². The zero-order valence-corrected chi connectivity index (χ0v) is 58.5. The molecule has 8 nitrogen and oxygen atoms in total. The van der Waals surface area contributed by atoms with Crippen LogP contribution >= 0.6 is 7.82 Å². The number of aliphatic hydroxyl groups is 1. The van der Waals surface area contributed by atoms with E-state index in [0.717, 1.165) is 38.5 Å². The molecule has 0 heterocycles. The van der Waals surface area contributed by atoms with E-state index in [1.807, 2.05) is 21.1 Å². The number of aliphatic hydroxyl groups excluding tert-OH is 1. The lowest BCUT2D eigenvalue weighted by molar-refractivity contribution is -0.870. The average Bonchev–Trinajstić information content (AvgIpc) is 3.56. The minimum atomic E-state index is -4.58. The minimum Gasteiger partial charge on any atom is -0.756 e.